The first-order valence-corrected chi connectivity index (χ1v) is 11.6. The number of benzene rings is 2. The molecule has 2 heterocycles. The van der Waals surface area contributed by atoms with Gasteiger partial charge >= 0.3 is 0 Å². The minimum Gasteiger partial charge on any atom is -0.467 e. The van der Waals surface area contributed by atoms with Crippen molar-refractivity contribution in [3.05, 3.63) is 93.6 Å². The van der Waals surface area contributed by atoms with Crippen LogP contribution in [0.15, 0.2) is 70.4 Å². The standard InChI is InChI=1S/C25H25Cl2FN2O4/c26-23-8-5-18(10-24(23)27)25-11-22(34-29-25)14-30(12-17-3-6-19(28)7-4-17)13-20(31)15-32-16-21-2-1-9-33-21/h1-10,20,22,31H,11-16H2/t20-,22+/m0/s1. The number of hydrogen-bond acceptors (Lipinski definition) is 6. The molecule has 34 heavy (non-hydrogen) atoms. The summed E-state index contributed by atoms with van der Waals surface area (Å²) >= 11 is 12.2. The Morgan fingerprint density at radius 1 is 1.15 bits per heavy atom. The molecule has 4 rings (SSSR count). The zero-order chi connectivity index (χ0) is 23.9. The summed E-state index contributed by atoms with van der Waals surface area (Å²) in [6.45, 7) is 1.81. The van der Waals surface area contributed by atoms with Gasteiger partial charge in [-0.3, -0.25) is 4.90 Å². The lowest BCUT2D eigenvalue weighted by atomic mass is 10.0. The fourth-order valence-corrected chi connectivity index (χ4v) is 4.05. The second-order valence-electron chi connectivity index (χ2n) is 8.17. The molecule has 0 amide bonds. The summed E-state index contributed by atoms with van der Waals surface area (Å²) in [5.41, 5.74) is 2.56. The molecule has 0 unspecified atom stereocenters. The van der Waals surface area contributed by atoms with Crippen molar-refractivity contribution >= 4 is 28.9 Å². The van der Waals surface area contributed by atoms with Crippen molar-refractivity contribution in [1.29, 1.82) is 0 Å². The second-order valence-corrected chi connectivity index (χ2v) is 8.98. The van der Waals surface area contributed by atoms with Crippen LogP contribution in [0.5, 0.6) is 0 Å². The van der Waals surface area contributed by atoms with E-state index < -0.39 is 6.10 Å². The number of rotatable bonds is 11. The average Bonchev–Trinajstić information content (AvgIpc) is 3.50. The fourth-order valence-electron chi connectivity index (χ4n) is 3.75. The van der Waals surface area contributed by atoms with E-state index in [-0.39, 0.29) is 25.1 Å². The van der Waals surface area contributed by atoms with Gasteiger partial charge in [0, 0.05) is 31.6 Å². The lowest BCUT2D eigenvalue weighted by molar-refractivity contribution is -0.00956. The third kappa shape index (κ3) is 7.04. The summed E-state index contributed by atoms with van der Waals surface area (Å²) in [5, 5.41) is 15.7. The summed E-state index contributed by atoms with van der Waals surface area (Å²) < 4.78 is 24.2. The zero-order valence-electron chi connectivity index (χ0n) is 18.4. The van der Waals surface area contributed by atoms with Crippen LogP contribution in [-0.2, 0) is 22.7 Å². The highest BCUT2D eigenvalue weighted by molar-refractivity contribution is 6.42. The Morgan fingerprint density at radius 3 is 2.71 bits per heavy atom. The molecule has 0 saturated heterocycles. The predicted octanol–water partition coefficient (Wildman–Crippen LogP) is 5.30. The summed E-state index contributed by atoms with van der Waals surface area (Å²) in [6, 6.07) is 15.3. The molecule has 2 atom stereocenters. The number of oxime groups is 1. The molecule has 1 aliphatic heterocycles. The molecule has 0 spiro atoms. The molecule has 2 aromatic carbocycles. The minimum absolute atomic E-state index is 0.150. The van der Waals surface area contributed by atoms with E-state index >= 15 is 0 Å². The van der Waals surface area contributed by atoms with Crippen LogP contribution in [0.3, 0.4) is 0 Å². The van der Waals surface area contributed by atoms with E-state index in [4.69, 9.17) is 37.2 Å². The fraction of sp³-hybridized carbons (Fsp3) is 0.320. The SMILES string of the molecule is O[C@H](COCc1ccco1)CN(Cc1ccc(F)cc1)C[C@H]1CC(c2ccc(Cl)c(Cl)c2)=NO1. The van der Waals surface area contributed by atoms with Gasteiger partial charge in [0.15, 0.2) is 0 Å². The number of halogens is 3. The van der Waals surface area contributed by atoms with Gasteiger partial charge in [0.25, 0.3) is 0 Å². The van der Waals surface area contributed by atoms with Crippen LogP contribution >= 0.6 is 23.2 Å². The molecule has 0 saturated carbocycles. The maximum Gasteiger partial charge on any atom is 0.145 e. The van der Waals surface area contributed by atoms with E-state index in [0.29, 0.717) is 41.9 Å². The van der Waals surface area contributed by atoms with Crippen LogP contribution < -0.4 is 0 Å². The number of aliphatic hydroxyl groups is 1. The largest absolute Gasteiger partial charge is 0.467 e. The molecule has 1 N–H and O–H groups in total. The van der Waals surface area contributed by atoms with Crippen molar-refractivity contribution in [2.45, 2.75) is 31.8 Å². The molecular weight excluding hydrogens is 482 g/mol. The molecule has 0 bridgehead atoms. The third-order valence-corrected chi connectivity index (χ3v) is 6.11. The van der Waals surface area contributed by atoms with E-state index in [1.54, 1.807) is 36.6 Å². The van der Waals surface area contributed by atoms with Crippen molar-refractivity contribution in [3.63, 3.8) is 0 Å². The average molecular weight is 507 g/mol. The van der Waals surface area contributed by atoms with Crippen LogP contribution in [0.4, 0.5) is 4.39 Å². The number of hydrogen-bond donors (Lipinski definition) is 1. The number of nitrogens with zero attached hydrogens (tertiary/aromatic N) is 2. The third-order valence-electron chi connectivity index (χ3n) is 5.37. The first-order valence-electron chi connectivity index (χ1n) is 10.9. The number of ether oxygens (including phenoxy) is 1. The van der Waals surface area contributed by atoms with E-state index in [0.717, 1.165) is 16.8 Å². The van der Waals surface area contributed by atoms with Crippen molar-refractivity contribution in [2.24, 2.45) is 5.16 Å². The van der Waals surface area contributed by atoms with Gasteiger partial charge in [-0.2, -0.15) is 0 Å². The van der Waals surface area contributed by atoms with Gasteiger partial charge in [-0.25, -0.2) is 4.39 Å². The molecule has 6 nitrogen and oxygen atoms in total. The Labute approximate surface area is 207 Å². The minimum atomic E-state index is -0.729. The Bertz CT molecular complexity index is 1090. The van der Waals surface area contributed by atoms with E-state index in [1.807, 2.05) is 17.0 Å². The van der Waals surface area contributed by atoms with Crippen LogP contribution in [0.1, 0.15) is 23.3 Å². The summed E-state index contributed by atoms with van der Waals surface area (Å²) in [5.74, 6) is 0.405. The lowest BCUT2D eigenvalue weighted by Gasteiger charge is -2.27. The van der Waals surface area contributed by atoms with Crippen LogP contribution in [-0.4, -0.2) is 47.6 Å². The molecule has 180 valence electrons. The number of furan rings is 1. The maximum atomic E-state index is 13.3. The van der Waals surface area contributed by atoms with E-state index in [1.165, 1.54) is 12.1 Å². The van der Waals surface area contributed by atoms with Gasteiger partial charge in [0.05, 0.1) is 34.7 Å². The number of aliphatic hydroxyl groups excluding tert-OH is 1. The Hall–Kier alpha value is -2.42. The first-order chi connectivity index (χ1) is 16.5. The highest BCUT2D eigenvalue weighted by Crippen LogP contribution is 2.26. The summed E-state index contributed by atoms with van der Waals surface area (Å²) in [4.78, 5) is 7.72. The highest BCUT2D eigenvalue weighted by Gasteiger charge is 2.26. The quantitative estimate of drug-likeness (QED) is 0.382. The molecule has 3 aromatic rings. The normalized spacial score (nSPS) is 16.5. The van der Waals surface area contributed by atoms with Crippen molar-refractivity contribution in [2.75, 3.05) is 19.7 Å². The van der Waals surface area contributed by atoms with Crippen LogP contribution in [0.25, 0.3) is 0 Å². The van der Waals surface area contributed by atoms with Crippen molar-refractivity contribution in [3.8, 4) is 0 Å². The second kappa shape index (κ2) is 11.8. The molecule has 0 aliphatic carbocycles. The summed E-state index contributed by atoms with van der Waals surface area (Å²) in [6.07, 6.45) is 1.23. The molecule has 1 aliphatic rings. The van der Waals surface area contributed by atoms with E-state index in [9.17, 15) is 9.50 Å². The van der Waals surface area contributed by atoms with Gasteiger partial charge in [0.1, 0.15) is 24.3 Å². The monoisotopic (exact) mass is 506 g/mol. The highest BCUT2D eigenvalue weighted by atomic mass is 35.5. The van der Waals surface area contributed by atoms with Crippen LogP contribution in [0, 0.1) is 5.82 Å². The molecule has 0 fully saturated rings. The van der Waals surface area contributed by atoms with E-state index in [2.05, 4.69) is 5.16 Å². The molecule has 0 radical (unpaired) electrons. The van der Waals surface area contributed by atoms with Gasteiger partial charge in [0.2, 0.25) is 0 Å². The molecule has 9 heteroatoms. The predicted molar refractivity (Wildman–Crippen MR) is 129 cm³/mol. The van der Waals surface area contributed by atoms with Gasteiger partial charge in [-0.05, 0) is 42.0 Å². The van der Waals surface area contributed by atoms with Crippen molar-refractivity contribution in [1.82, 2.24) is 4.90 Å². The molecular formula is C25H25Cl2FN2O4. The Balaban J connectivity index is 1.35. The van der Waals surface area contributed by atoms with Gasteiger partial charge in [-0.15, -0.1) is 0 Å². The Morgan fingerprint density at radius 2 is 1.97 bits per heavy atom. The van der Waals surface area contributed by atoms with Crippen LogP contribution in [0.2, 0.25) is 10.0 Å². The topological polar surface area (TPSA) is 67.4 Å². The lowest BCUT2D eigenvalue weighted by Crippen LogP contribution is -2.39. The Kier molecular flexibility index (Phi) is 8.59. The first kappa shape index (κ1) is 24.7. The van der Waals surface area contributed by atoms with Gasteiger partial charge in [-0.1, -0.05) is 46.6 Å². The smallest absolute Gasteiger partial charge is 0.145 e. The maximum absolute atomic E-state index is 13.3. The van der Waals surface area contributed by atoms with Gasteiger partial charge < -0.3 is 19.1 Å². The molecule has 1 aromatic heterocycles. The summed E-state index contributed by atoms with van der Waals surface area (Å²) in [7, 11) is 0. The van der Waals surface area contributed by atoms with Crippen molar-refractivity contribution < 1.29 is 23.5 Å². The zero-order valence-corrected chi connectivity index (χ0v) is 19.9.